The second-order valence-corrected chi connectivity index (χ2v) is 8.34. The van der Waals surface area contributed by atoms with Crippen LogP contribution in [0.3, 0.4) is 0 Å². The molecule has 7 heteroatoms. The van der Waals surface area contributed by atoms with Crippen molar-refractivity contribution < 1.29 is 14.3 Å². The summed E-state index contributed by atoms with van der Waals surface area (Å²) in [6.07, 6.45) is 0. The van der Waals surface area contributed by atoms with E-state index in [1.54, 1.807) is 30.3 Å². The third-order valence-corrected chi connectivity index (χ3v) is 6.14. The Morgan fingerprint density at radius 1 is 0.968 bits per heavy atom. The van der Waals surface area contributed by atoms with E-state index in [1.807, 2.05) is 18.4 Å². The number of anilines is 2. The monoisotopic (exact) mass is 435 g/mol. The summed E-state index contributed by atoms with van der Waals surface area (Å²) in [6.45, 7) is 5.28. The minimum absolute atomic E-state index is 0.121. The minimum Gasteiger partial charge on any atom is -0.378 e. The summed E-state index contributed by atoms with van der Waals surface area (Å²) in [7, 11) is 0. The fourth-order valence-corrected chi connectivity index (χ4v) is 4.08. The number of hydrogen-bond donors (Lipinski definition) is 2. The summed E-state index contributed by atoms with van der Waals surface area (Å²) >= 11 is 1.39. The Bertz CT molecular complexity index is 1010. The van der Waals surface area contributed by atoms with Crippen molar-refractivity contribution in [1.29, 1.82) is 0 Å². The predicted octanol–water partition coefficient (Wildman–Crippen LogP) is 4.33. The molecule has 0 spiro atoms. The van der Waals surface area contributed by atoms with Gasteiger partial charge in [-0.1, -0.05) is 18.2 Å². The zero-order chi connectivity index (χ0) is 21.6. The smallest absolute Gasteiger partial charge is 0.265 e. The number of hydrogen-bond acceptors (Lipinski definition) is 5. The molecule has 31 heavy (non-hydrogen) atoms. The molecule has 1 unspecified atom stereocenters. The van der Waals surface area contributed by atoms with Gasteiger partial charge in [0.1, 0.15) is 0 Å². The molecular weight excluding hydrogens is 410 g/mol. The quantitative estimate of drug-likeness (QED) is 0.605. The predicted molar refractivity (Wildman–Crippen MR) is 124 cm³/mol. The average Bonchev–Trinajstić information content (AvgIpc) is 3.35. The summed E-state index contributed by atoms with van der Waals surface area (Å²) in [5.41, 5.74) is 3.42. The number of amides is 2. The van der Waals surface area contributed by atoms with Crippen molar-refractivity contribution in [3.63, 3.8) is 0 Å². The lowest BCUT2D eigenvalue weighted by Gasteiger charge is -2.29. The first-order valence-corrected chi connectivity index (χ1v) is 11.2. The van der Waals surface area contributed by atoms with Crippen LogP contribution in [0.25, 0.3) is 0 Å². The van der Waals surface area contributed by atoms with E-state index >= 15 is 0 Å². The third-order valence-electron chi connectivity index (χ3n) is 5.27. The molecule has 1 aliphatic rings. The van der Waals surface area contributed by atoms with E-state index in [4.69, 9.17) is 4.74 Å². The molecule has 1 aliphatic heterocycles. The lowest BCUT2D eigenvalue weighted by atomic mass is 10.1. The molecule has 6 nitrogen and oxygen atoms in total. The van der Waals surface area contributed by atoms with Crippen molar-refractivity contribution in [2.75, 3.05) is 36.5 Å². The van der Waals surface area contributed by atoms with Crippen LogP contribution in [0.5, 0.6) is 0 Å². The highest BCUT2D eigenvalue weighted by molar-refractivity contribution is 7.12. The van der Waals surface area contributed by atoms with Gasteiger partial charge >= 0.3 is 0 Å². The van der Waals surface area contributed by atoms with E-state index in [0.717, 1.165) is 31.9 Å². The van der Waals surface area contributed by atoms with Gasteiger partial charge in [-0.15, -0.1) is 11.3 Å². The SMILES string of the molecule is CC(NC(=O)c1ccc(NC(=O)c2cccs2)cc1)c1ccc(N2CCOCC2)cc1. The molecule has 0 saturated carbocycles. The van der Waals surface area contributed by atoms with Gasteiger partial charge in [0.15, 0.2) is 0 Å². The van der Waals surface area contributed by atoms with Gasteiger partial charge in [-0.3, -0.25) is 9.59 Å². The van der Waals surface area contributed by atoms with E-state index in [2.05, 4.69) is 39.8 Å². The van der Waals surface area contributed by atoms with Crippen LogP contribution < -0.4 is 15.5 Å². The van der Waals surface area contributed by atoms with E-state index in [1.165, 1.54) is 17.0 Å². The van der Waals surface area contributed by atoms with Crippen molar-refractivity contribution >= 4 is 34.5 Å². The number of benzene rings is 2. The van der Waals surface area contributed by atoms with E-state index in [-0.39, 0.29) is 17.9 Å². The number of ether oxygens (including phenoxy) is 1. The molecule has 2 N–H and O–H groups in total. The minimum atomic E-state index is -0.152. The highest BCUT2D eigenvalue weighted by Gasteiger charge is 2.14. The number of rotatable bonds is 6. The van der Waals surface area contributed by atoms with Crippen LogP contribution in [0.2, 0.25) is 0 Å². The Morgan fingerprint density at radius 3 is 2.32 bits per heavy atom. The number of thiophene rings is 1. The topological polar surface area (TPSA) is 70.7 Å². The van der Waals surface area contributed by atoms with E-state index < -0.39 is 0 Å². The largest absolute Gasteiger partial charge is 0.378 e. The normalized spacial score (nSPS) is 14.7. The summed E-state index contributed by atoms with van der Waals surface area (Å²) in [5, 5.41) is 7.73. The van der Waals surface area contributed by atoms with Crippen LogP contribution in [-0.4, -0.2) is 38.1 Å². The van der Waals surface area contributed by atoms with Gasteiger partial charge in [-0.2, -0.15) is 0 Å². The maximum Gasteiger partial charge on any atom is 0.265 e. The fraction of sp³-hybridized carbons (Fsp3) is 0.250. The Morgan fingerprint density at radius 2 is 1.68 bits per heavy atom. The molecule has 3 aromatic rings. The Kier molecular flexibility index (Phi) is 6.64. The number of morpholine rings is 1. The Balaban J connectivity index is 1.33. The van der Waals surface area contributed by atoms with Gasteiger partial charge in [-0.25, -0.2) is 0 Å². The zero-order valence-electron chi connectivity index (χ0n) is 17.3. The van der Waals surface area contributed by atoms with Crippen molar-refractivity contribution in [3.8, 4) is 0 Å². The highest BCUT2D eigenvalue weighted by atomic mass is 32.1. The Hall–Kier alpha value is -3.16. The van der Waals surface area contributed by atoms with Gasteiger partial charge in [0.05, 0.1) is 24.1 Å². The van der Waals surface area contributed by atoms with Gasteiger partial charge in [0.2, 0.25) is 0 Å². The van der Waals surface area contributed by atoms with Gasteiger partial charge in [0, 0.05) is 30.0 Å². The van der Waals surface area contributed by atoms with Crippen LogP contribution in [0, 0.1) is 0 Å². The first-order chi connectivity index (χ1) is 15.1. The molecule has 0 aliphatic carbocycles. The van der Waals surface area contributed by atoms with Crippen molar-refractivity contribution in [3.05, 3.63) is 82.0 Å². The van der Waals surface area contributed by atoms with Gasteiger partial charge in [-0.05, 0) is 60.3 Å². The lowest BCUT2D eigenvalue weighted by molar-refractivity contribution is 0.0939. The summed E-state index contributed by atoms with van der Waals surface area (Å²) < 4.78 is 5.40. The molecule has 160 valence electrons. The second-order valence-electron chi connectivity index (χ2n) is 7.39. The highest BCUT2D eigenvalue weighted by Crippen LogP contribution is 2.21. The molecule has 2 aromatic carbocycles. The molecular formula is C24H25N3O3S. The maximum atomic E-state index is 12.6. The number of nitrogens with zero attached hydrogens (tertiary/aromatic N) is 1. The average molecular weight is 436 g/mol. The Labute approximate surface area is 185 Å². The summed E-state index contributed by atoms with van der Waals surface area (Å²) in [6, 6.07) is 18.7. The summed E-state index contributed by atoms with van der Waals surface area (Å²) in [5.74, 6) is -0.303. The summed E-state index contributed by atoms with van der Waals surface area (Å²) in [4.78, 5) is 27.7. The van der Waals surface area contributed by atoms with Crippen LogP contribution >= 0.6 is 11.3 Å². The first-order valence-electron chi connectivity index (χ1n) is 10.3. The van der Waals surface area contributed by atoms with Crippen molar-refractivity contribution in [2.45, 2.75) is 13.0 Å². The molecule has 2 amide bonds. The number of carbonyl (C=O) groups is 2. The van der Waals surface area contributed by atoms with Crippen LogP contribution in [-0.2, 0) is 4.74 Å². The van der Waals surface area contributed by atoms with Gasteiger partial charge in [0.25, 0.3) is 11.8 Å². The second kappa shape index (κ2) is 9.76. The van der Waals surface area contributed by atoms with Crippen LogP contribution in [0.1, 0.15) is 38.6 Å². The lowest BCUT2D eigenvalue weighted by Crippen LogP contribution is -2.36. The van der Waals surface area contributed by atoms with E-state index in [9.17, 15) is 9.59 Å². The van der Waals surface area contributed by atoms with Crippen LogP contribution in [0.4, 0.5) is 11.4 Å². The van der Waals surface area contributed by atoms with Crippen molar-refractivity contribution in [1.82, 2.24) is 5.32 Å². The standard InChI is InChI=1S/C24H25N3O3S/c1-17(18-6-10-21(11-7-18)27-12-14-30-15-13-27)25-23(28)19-4-8-20(9-5-19)26-24(29)22-3-2-16-31-22/h2-11,16-17H,12-15H2,1H3,(H,25,28)(H,26,29). The maximum absolute atomic E-state index is 12.6. The number of carbonyl (C=O) groups excluding carboxylic acids is 2. The molecule has 1 saturated heterocycles. The van der Waals surface area contributed by atoms with Gasteiger partial charge < -0.3 is 20.3 Å². The fourth-order valence-electron chi connectivity index (χ4n) is 3.46. The zero-order valence-corrected chi connectivity index (χ0v) is 18.2. The molecule has 4 rings (SSSR count). The molecule has 1 fully saturated rings. The molecule has 0 bridgehead atoms. The molecule has 2 heterocycles. The molecule has 0 radical (unpaired) electrons. The third kappa shape index (κ3) is 5.31. The molecule has 1 aromatic heterocycles. The van der Waals surface area contributed by atoms with Crippen LogP contribution in [0.15, 0.2) is 66.0 Å². The van der Waals surface area contributed by atoms with E-state index in [0.29, 0.717) is 16.1 Å². The first kappa shape index (κ1) is 21.1. The van der Waals surface area contributed by atoms with Crippen molar-refractivity contribution in [2.24, 2.45) is 0 Å². The molecule has 1 atom stereocenters. The number of nitrogens with one attached hydrogen (secondary N) is 2.